The normalized spacial score (nSPS) is 16.0. The third kappa shape index (κ3) is 3.70. The summed E-state index contributed by atoms with van der Waals surface area (Å²) in [4.78, 5) is 24.9. The molecule has 2 aliphatic rings. The van der Waals surface area contributed by atoms with E-state index >= 15 is 0 Å². The van der Waals surface area contributed by atoms with Crippen molar-refractivity contribution in [2.75, 3.05) is 44.4 Å². The van der Waals surface area contributed by atoms with Gasteiger partial charge in [0.25, 0.3) is 0 Å². The van der Waals surface area contributed by atoms with Gasteiger partial charge in [-0.3, -0.25) is 4.79 Å². The average molecular weight is 355 g/mol. The molecular weight excluding hydrogens is 334 g/mol. The number of fused-ring (bicyclic) bond motifs is 1. The number of aromatic nitrogens is 2. The summed E-state index contributed by atoms with van der Waals surface area (Å²) in [7, 11) is 0. The fraction of sp³-hybridized carbons (Fsp3) is 0.389. The Morgan fingerprint density at radius 1 is 1.08 bits per heavy atom. The molecule has 3 heterocycles. The van der Waals surface area contributed by atoms with E-state index in [-0.39, 0.29) is 12.7 Å². The number of anilines is 1. The largest absolute Gasteiger partial charge is 0.454 e. The van der Waals surface area contributed by atoms with Crippen LogP contribution >= 0.6 is 0 Å². The first kappa shape index (κ1) is 16.6. The van der Waals surface area contributed by atoms with Crippen molar-refractivity contribution in [3.63, 3.8) is 0 Å². The average Bonchev–Trinajstić information content (AvgIpc) is 3.16. The highest BCUT2D eigenvalue weighted by Gasteiger charge is 2.22. The van der Waals surface area contributed by atoms with Crippen LogP contribution in [0.5, 0.6) is 11.5 Å². The zero-order chi connectivity index (χ0) is 17.8. The van der Waals surface area contributed by atoms with Crippen LogP contribution in [0, 0.1) is 0 Å². The lowest BCUT2D eigenvalue weighted by atomic mass is 10.2. The number of nitrogens with zero attached hydrogens (tertiary/aromatic N) is 4. The number of hydrogen-bond donors (Lipinski definition) is 1. The minimum Gasteiger partial charge on any atom is -0.454 e. The first-order valence-electron chi connectivity index (χ1n) is 8.68. The molecule has 0 unspecified atom stereocenters. The zero-order valence-corrected chi connectivity index (χ0v) is 14.4. The van der Waals surface area contributed by atoms with Gasteiger partial charge in [-0.2, -0.15) is 0 Å². The molecule has 8 nitrogen and oxygen atoms in total. The standard InChI is InChI=1S/C18H21N5O3/c24-17(12-19-11-14-2-3-15-16(10-14)26-13-25-15)22-6-8-23(9-7-22)18-20-4-1-5-21-18/h1-5,10,19H,6-9,11-13H2. The van der Waals surface area contributed by atoms with E-state index in [0.717, 1.165) is 36.1 Å². The van der Waals surface area contributed by atoms with Crippen LogP contribution in [-0.4, -0.2) is 60.3 Å². The Morgan fingerprint density at radius 2 is 1.85 bits per heavy atom. The molecule has 2 aliphatic heterocycles. The zero-order valence-electron chi connectivity index (χ0n) is 14.4. The molecule has 4 rings (SSSR count). The molecule has 2 aromatic rings. The number of ether oxygens (including phenoxy) is 2. The molecule has 0 aliphatic carbocycles. The molecule has 0 radical (unpaired) electrons. The van der Waals surface area contributed by atoms with E-state index in [1.807, 2.05) is 23.1 Å². The maximum atomic E-state index is 12.4. The maximum absolute atomic E-state index is 12.4. The number of nitrogens with one attached hydrogen (secondary N) is 1. The van der Waals surface area contributed by atoms with Crippen molar-refractivity contribution in [3.8, 4) is 11.5 Å². The maximum Gasteiger partial charge on any atom is 0.236 e. The van der Waals surface area contributed by atoms with E-state index < -0.39 is 0 Å². The van der Waals surface area contributed by atoms with E-state index in [1.54, 1.807) is 18.5 Å². The predicted octanol–water partition coefficient (Wildman–Crippen LogP) is 0.644. The third-order valence-electron chi connectivity index (χ3n) is 4.51. The first-order valence-corrected chi connectivity index (χ1v) is 8.68. The Labute approximate surface area is 151 Å². The molecule has 1 aromatic carbocycles. The molecule has 26 heavy (non-hydrogen) atoms. The molecule has 0 spiro atoms. The van der Waals surface area contributed by atoms with Gasteiger partial charge in [-0.05, 0) is 23.8 Å². The van der Waals surface area contributed by atoms with Crippen molar-refractivity contribution >= 4 is 11.9 Å². The second kappa shape index (κ2) is 7.57. The molecule has 8 heteroatoms. The molecule has 1 fully saturated rings. The Hall–Kier alpha value is -2.87. The molecule has 1 saturated heterocycles. The molecule has 1 N–H and O–H groups in total. The van der Waals surface area contributed by atoms with E-state index in [1.165, 1.54) is 0 Å². The van der Waals surface area contributed by atoms with Crippen molar-refractivity contribution in [2.45, 2.75) is 6.54 Å². The SMILES string of the molecule is O=C(CNCc1ccc2c(c1)OCO2)N1CCN(c2ncccn2)CC1. The molecule has 0 saturated carbocycles. The number of hydrogen-bond acceptors (Lipinski definition) is 7. The summed E-state index contributed by atoms with van der Waals surface area (Å²) in [6, 6.07) is 7.61. The Balaban J connectivity index is 1.22. The fourth-order valence-electron chi connectivity index (χ4n) is 3.09. The van der Waals surface area contributed by atoms with E-state index in [4.69, 9.17) is 9.47 Å². The van der Waals surface area contributed by atoms with Crippen LogP contribution in [0.4, 0.5) is 5.95 Å². The van der Waals surface area contributed by atoms with Crippen LogP contribution in [0.3, 0.4) is 0 Å². The number of carbonyl (C=O) groups is 1. The monoisotopic (exact) mass is 355 g/mol. The molecule has 0 atom stereocenters. The van der Waals surface area contributed by atoms with Gasteiger partial charge in [-0.1, -0.05) is 6.07 Å². The van der Waals surface area contributed by atoms with Gasteiger partial charge >= 0.3 is 0 Å². The molecule has 1 aromatic heterocycles. The van der Waals surface area contributed by atoms with Crippen LogP contribution in [0.1, 0.15) is 5.56 Å². The third-order valence-corrected chi connectivity index (χ3v) is 4.51. The van der Waals surface area contributed by atoms with Crippen LogP contribution < -0.4 is 19.7 Å². The first-order chi connectivity index (χ1) is 12.8. The minimum absolute atomic E-state index is 0.111. The smallest absolute Gasteiger partial charge is 0.236 e. The second-order valence-electron chi connectivity index (χ2n) is 6.21. The van der Waals surface area contributed by atoms with Gasteiger partial charge in [0.05, 0.1) is 6.54 Å². The van der Waals surface area contributed by atoms with Gasteiger partial charge in [0.2, 0.25) is 18.6 Å². The topological polar surface area (TPSA) is 79.8 Å². The lowest BCUT2D eigenvalue weighted by Gasteiger charge is -2.34. The van der Waals surface area contributed by atoms with Crippen molar-refractivity contribution in [2.24, 2.45) is 0 Å². The van der Waals surface area contributed by atoms with E-state index in [9.17, 15) is 4.79 Å². The highest BCUT2D eigenvalue weighted by Crippen LogP contribution is 2.32. The van der Waals surface area contributed by atoms with Crippen LogP contribution in [0.25, 0.3) is 0 Å². The Bertz CT molecular complexity index is 763. The molecule has 1 amide bonds. The minimum atomic E-state index is 0.111. The summed E-state index contributed by atoms with van der Waals surface area (Å²) in [6.45, 7) is 4.06. The van der Waals surface area contributed by atoms with Gasteiger partial charge in [-0.15, -0.1) is 0 Å². The van der Waals surface area contributed by atoms with Crippen molar-refractivity contribution in [1.29, 1.82) is 0 Å². The van der Waals surface area contributed by atoms with E-state index in [2.05, 4.69) is 20.2 Å². The predicted molar refractivity (Wildman–Crippen MR) is 95.1 cm³/mol. The van der Waals surface area contributed by atoms with Gasteiger partial charge in [0.1, 0.15) is 0 Å². The number of amides is 1. The van der Waals surface area contributed by atoms with Gasteiger partial charge in [0, 0.05) is 45.1 Å². The van der Waals surface area contributed by atoms with Crippen molar-refractivity contribution in [1.82, 2.24) is 20.2 Å². The summed E-state index contributed by atoms with van der Waals surface area (Å²) >= 11 is 0. The van der Waals surface area contributed by atoms with Gasteiger partial charge in [-0.25, -0.2) is 9.97 Å². The molecule has 0 bridgehead atoms. The summed E-state index contributed by atoms with van der Waals surface area (Å²) in [5.41, 5.74) is 1.06. The van der Waals surface area contributed by atoms with Gasteiger partial charge in [0.15, 0.2) is 11.5 Å². The highest BCUT2D eigenvalue weighted by molar-refractivity contribution is 5.78. The Kier molecular flexibility index (Phi) is 4.83. The van der Waals surface area contributed by atoms with Crippen molar-refractivity contribution in [3.05, 3.63) is 42.2 Å². The number of piperazine rings is 1. The van der Waals surface area contributed by atoms with E-state index in [0.29, 0.717) is 26.2 Å². The molecular formula is C18H21N5O3. The number of benzene rings is 1. The molecule has 136 valence electrons. The summed E-state index contributed by atoms with van der Waals surface area (Å²) in [5.74, 6) is 2.36. The van der Waals surface area contributed by atoms with Crippen molar-refractivity contribution < 1.29 is 14.3 Å². The summed E-state index contributed by atoms with van der Waals surface area (Å²) in [5, 5.41) is 3.21. The lowest BCUT2D eigenvalue weighted by molar-refractivity contribution is -0.130. The quantitative estimate of drug-likeness (QED) is 0.843. The Morgan fingerprint density at radius 3 is 2.65 bits per heavy atom. The van der Waals surface area contributed by atoms with Crippen LogP contribution in [0.15, 0.2) is 36.7 Å². The number of carbonyl (C=O) groups excluding carboxylic acids is 1. The second-order valence-corrected chi connectivity index (χ2v) is 6.21. The lowest BCUT2D eigenvalue weighted by Crippen LogP contribution is -2.51. The fourth-order valence-corrected chi connectivity index (χ4v) is 3.09. The van der Waals surface area contributed by atoms with Crippen LogP contribution in [-0.2, 0) is 11.3 Å². The number of rotatable bonds is 5. The van der Waals surface area contributed by atoms with Crippen LogP contribution in [0.2, 0.25) is 0 Å². The van der Waals surface area contributed by atoms with Gasteiger partial charge < -0.3 is 24.6 Å². The summed E-state index contributed by atoms with van der Waals surface area (Å²) < 4.78 is 10.7. The summed E-state index contributed by atoms with van der Waals surface area (Å²) in [6.07, 6.45) is 3.47. The highest BCUT2D eigenvalue weighted by atomic mass is 16.7.